The normalized spacial score (nSPS) is 19.1. The van der Waals surface area contributed by atoms with E-state index in [2.05, 4.69) is 66.4 Å². The van der Waals surface area contributed by atoms with Crippen molar-refractivity contribution in [2.45, 2.75) is 25.8 Å². The third-order valence-electron chi connectivity index (χ3n) is 4.23. The number of para-hydroxylation sites is 1. The molecule has 21 heavy (non-hydrogen) atoms. The lowest BCUT2D eigenvalue weighted by molar-refractivity contribution is 0.509. The number of hydrogen-bond acceptors (Lipinski definition) is 2. The molecule has 2 atom stereocenters. The lowest BCUT2D eigenvalue weighted by atomic mass is 9.93. The fraction of sp³-hybridized carbons (Fsp3) is 0.368. The van der Waals surface area contributed by atoms with Gasteiger partial charge in [0.05, 0.1) is 0 Å². The summed E-state index contributed by atoms with van der Waals surface area (Å²) in [6, 6.07) is 19.5. The zero-order valence-corrected chi connectivity index (χ0v) is 12.7. The minimum atomic E-state index is 0.172. The number of rotatable bonds is 4. The Labute approximate surface area is 127 Å². The van der Waals surface area contributed by atoms with Crippen LogP contribution >= 0.6 is 0 Å². The van der Waals surface area contributed by atoms with Gasteiger partial charge in [0.2, 0.25) is 0 Å². The van der Waals surface area contributed by atoms with Gasteiger partial charge in [-0.3, -0.25) is 0 Å². The highest BCUT2D eigenvalue weighted by atomic mass is 15.2. The number of benzene rings is 2. The van der Waals surface area contributed by atoms with Crippen LogP contribution in [0.15, 0.2) is 54.6 Å². The van der Waals surface area contributed by atoms with Crippen LogP contribution in [0.4, 0.5) is 5.69 Å². The molecular weight excluding hydrogens is 256 g/mol. The maximum absolute atomic E-state index is 6.40. The summed E-state index contributed by atoms with van der Waals surface area (Å²) in [5.41, 5.74) is 10.6. The van der Waals surface area contributed by atoms with E-state index in [1.54, 1.807) is 0 Å². The minimum absolute atomic E-state index is 0.172. The number of nitrogens with two attached hydrogens (primary N) is 1. The molecule has 2 unspecified atom stereocenters. The molecule has 0 radical (unpaired) electrons. The van der Waals surface area contributed by atoms with Crippen LogP contribution in [0, 0.1) is 5.92 Å². The van der Waals surface area contributed by atoms with Gasteiger partial charge >= 0.3 is 0 Å². The van der Waals surface area contributed by atoms with Crippen molar-refractivity contribution in [2.24, 2.45) is 11.7 Å². The Morgan fingerprint density at radius 1 is 1.10 bits per heavy atom. The monoisotopic (exact) mass is 280 g/mol. The van der Waals surface area contributed by atoms with Crippen molar-refractivity contribution >= 4 is 5.69 Å². The highest BCUT2D eigenvalue weighted by molar-refractivity contribution is 5.55. The lowest BCUT2D eigenvalue weighted by Crippen LogP contribution is -2.43. The Balaban J connectivity index is 1.70. The van der Waals surface area contributed by atoms with Crippen molar-refractivity contribution in [1.29, 1.82) is 0 Å². The molecule has 1 aliphatic heterocycles. The van der Waals surface area contributed by atoms with Gasteiger partial charge in [-0.1, -0.05) is 55.5 Å². The molecule has 2 N–H and O–H groups in total. The summed E-state index contributed by atoms with van der Waals surface area (Å²) in [6.45, 7) is 4.36. The second-order valence-electron chi connectivity index (χ2n) is 6.29. The average Bonchev–Trinajstić information content (AvgIpc) is 2.48. The summed E-state index contributed by atoms with van der Waals surface area (Å²) in [7, 11) is 0. The number of anilines is 1. The van der Waals surface area contributed by atoms with E-state index in [-0.39, 0.29) is 6.04 Å². The number of fused-ring (bicyclic) bond motifs is 1. The molecule has 0 saturated carbocycles. The molecule has 1 aliphatic rings. The molecule has 0 aliphatic carbocycles. The van der Waals surface area contributed by atoms with Crippen molar-refractivity contribution in [2.75, 3.05) is 18.0 Å². The van der Waals surface area contributed by atoms with E-state index in [0.29, 0.717) is 5.92 Å². The average molecular weight is 280 g/mol. The molecule has 2 nitrogen and oxygen atoms in total. The molecule has 0 bridgehead atoms. The maximum Gasteiger partial charge on any atom is 0.0399 e. The number of hydrogen-bond donors (Lipinski definition) is 1. The Hall–Kier alpha value is -1.80. The van der Waals surface area contributed by atoms with Gasteiger partial charge in [0.1, 0.15) is 0 Å². The summed E-state index contributed by atoms with van der Waals surface area (Å²) < 4.78 is 0. The second kappa shape index (κ2) is 6.31. The first-order valence-corrected chi connectivity index (χ1v) is 7.84. The summed E-state index contributed by atoms with van der Waals surface area (Å²) in [6.07, 6.45) is 2.12. The fourth-order valence-electron chi connectivity index (χ4n) is 3.34. The van der Waals surface area contributed by atoms with Gasteiger partial charge in [-0.05, 0) is 36.0 Å². The van der Waals surface area contributed by atoms with Crippen molar-refractivity contribution in [3.05, 3.63) is 65.7 Å². The van der Waals surface area contributed by atoms with Crippen molar-refractivity contribution in [1.82, 2.24) is 0 Å². The van der Waals surface area contributed by atoms with Crippen molar-refractivity contribution in [3.8, 4) is 0 Å². The van der Waals surface area contributed by atoms with Gasteiger partial charge in [0.25, 0.3) is 0 Å². The second-order valence-corrected chi connectivity index (χ2v) is 6.29. The molecular formula is C19H24N2. The predicted octanol–water partition coefficient (Wildman–Crippen LogP) is 3.26. The Bertz CT molecular complexity index is 579. The molecule has 2 heteroatoms. The molecule has 0 aromatic heterocycles. The van der Waals surface area contributed by atoms with Crippen LogP contribution in [0.5, 0.6) is 0 Å². The smallest absolute Gasteiger partial charge is 0.0399 e. The third-order valence-corrected chi connectivity index (χ3v) is 4.23. The molecule has 3 rings (SSSR count). The molecule has 2 aromatic rings. The van der Waals surface area contributed by atoms with Crippen LogP contribution in [0.3, 0.4) is 0 Å². The first-order chi connectivity index (χ1) is 10.2. The molecule has 0 fully saturated rings. The summed E-state index contributed by atoms with van der Waals surface area (Å²) >= 11 is 0. The van der Waals surface area contributed by atoms with Crippen LogP contribution in [-0.2, 0) is 12.8 Å². The van der Waals surface area contributed by atoms with E-state index >= 15 is 0 Å². The van der Waals surface area contributed by atoms with Gasteiger partial charge in [0.15, 0.2) is 0 Å². The zero-order valence-electron chi connectivity index (χ0n) is 12.7. The predicted molar refractivity (Wildman–Crippen MR) is 89.6 cm³/mol. The van der Waals surface area contributed by atoms with Gasteiger partial charge in [-0.15, -0.1) is 0 Å². The minimum Gasteiger partial charge on any atom is -0.369 e. The van der Waals surface area contributed by atoms with Crippen molar-refractivity contribution in [3.63, 3.8) is 0 Å². The van der Waals surface area contributed by atoms with E-state index in [1.165, 1.54) is 23.2 Å². The molecule has 0 spiro atoms. The van der Waals surface area contributed by atoms with E-state index < -0.39 is 0 Å². The summed E-state index contributed by atoms with van der Waals surface area (Å²) in [5.74, 6) is 0.698. The van der Waals surface area contributed by atoms with Gasteiger partial charge in [0, 0.05) is 24.8 Å². The molecule has 110 valence electrons. The lowest BCUT2D eigenvalue weighted by Gasteiger charge is -2.36. The third kappa shape index (κ3) is 3.45. The van der Waals surface area contributed by atoms with Crippen LogP contribution in [0.1, 0.15) is 18.1 Å². The van der Waals surface area contributed by atoms with E-state index in [4.69, 9.17) is 5.73 Å². The van der Waals surface area contributed by atoms with E-state index in [9.17, 15) is 0 Å². The highest BCUT2D eigenvalue weighted by Crippen LogP contribution is 2.29. The largest absolute Gasteiger partial charge is 0.369 e. The Morgan fingerprint density at radius 2 is 1.81 bits per heavy atom. The van der Waals surface area contributed by atoms with Crippen LogP contribution in [0.2, 0.25) is 0 Å². The van der Waals surface area contributed by atoms with Crippen LogP contribution < -0.4 is 10.6 Å². The zero-order chi connectivity index (χ0) is 14.7. The standard InChI is InChI=1S/C19H24N2/c1-15-11-17-9-5-6-10-19(17)21(13-15)14-18(20)12-16-7-3-2-4-8-16/h2-10,15,18H,11-14,20H2,1H3. The van der Waals surface area contributed by atoms with Gasteiger partial charge < -0.3 is 10.6 Å². The van der Waals surface area contributed by atoms with Crippen LogP contribution in [0.25, 0.3) is 0 Å². The highest BCUT2D eigenvalue weighted by Gasteiger charge is 2.22. The maximum atomic E-state index is 6.40. The van der Waals surface area contributed by atoms with E-state index in [1.807, 2.05) is 0 Å². The van der Waals surface area contributed by atoms with Gasteiger partial charge in [-0.2, -0.15) is 0 Å². The molecule has 0 saturated heterocycles. The molecule has 1 heterocycles. The SMILES string of the molecule is CC1Cc2ccccc2N(CC(N)Cc2ccccc2)C1. The van der Waals surface area contributed by atoms with Gasteiger partial charge in [-0.25, -0.2) is 0 Å². The summed E-state index contributed by atoms with van der Waals surface area (Å²) in [5, 5.41) is 0. The summed E-state index contributed by atoms with van der Waals surface area (Å²) in [4.78, 5) is 2.47. The first kappa shape index (κ1) is 14.2. The van der Waals surface area contributed by atoms with Crippen LogP contribution in [-0.4, -0.2) is 19.1 Å². The Morgan fingerprint density at radius 3 is 2.62 bits per heavy atom. The topological polar surface area (TPSA) is 29.3 Å². The number of nitrogens with zero attached hydrogens (tertiary/aromatic N) is 1. The molecule has 2 aromatic carbocycles. The quantitative estimate of drug-likeness (QED) is 0.931. The fourth-order valence-corrected chi connectivity index (χ4v) is 3.34. The first-order valence-electron chi connectivity index (χ1n) is 7.84. The van der Waals surface area contributed by atoms with E-state index in [0.717, 1.165) is 19.5 Å². The van der Waals surface area contributed by atoms with Crippen molar-refractivity contribution < 1.29 is 0 Å². The molecule has 0 amide bonds. The Kier molecular flexibility index (Phi) is 4.26.